The lowest BCUT2D eigenvalue weighted by molar-refractivity contribution is -0.119. The molecule has 0 aromatic heterocycles. The molecule has 1 rings (SSSR count). The van der Waals surface area contributed by atoms with Crippen LogP contribution in [0.4, 0.5) is 5.69 Å². The van der Waals surface area contributed by atoms with Crippen molar-refractivity contribution in [1.82, 2.24) is 0 Å². The van der Waals surface area contributed by atoms with E-state index in [-0.39, 0.29) is 18.7 Å². The van der Waals surface area contributed by atoms with E-state index in [1.807, 2.05) is 18.2 Å². The van der Waals surface area contributed by atoms with Gasteiger partial charge in [0, 0.05) is 18.5 Å². The molecule has 0 heterocycles. The van der Waals surface area contributed by atoms with E-state index in [0.29, 0.717) is 6.42 Å². The van der Waals surface area contributed by atoms with Crippen LogP contribution in [0.15, 0.2) is 30.3 Å². The second-order valence-electron chi connectivity index (χ2n) is 3.52. The Kier molecular flexibility index (Phi) is 5.29. The molecule has 90 valence electrons. The molecule has 17 heavy (non-hydrogen) atoms. The number of nitrogens with zero attached hydrogens (tertiary/aromatic N) is 1. The molecular formula is C12H14N2O2S. The zero-order chi connectivity index (χ0) is 12.7. The lowest BCUT2D eigenvalue weighted by Gasteiger charge is -2.16. The number of hydrogen-bond acceptors (Lipinski definition) is 3. The molecule has 0 aliphatic rings. The SMILES string of the molecule is NC(=O)CCCC(=O)N(C=S)c1ccccc1. The summed E-state index contributed by atoms with van der Waals surface area (Å²) in [5, 5.41) is 0. The van der Waals surface area contributed by atoms with Crippen LogP contribution in [0.2, 0.25) is 0 Å². The van der Waals surface area contributed by atoms with E-state index < -0.39 is 5.91 Å². The number of thiocarbonyl (C=S) groups is 1. The zero-order valence-corrected chi connectivity index (χ0v) is 10.2. The molecule has 0 bridgehead atoms. The molecule has 2 N–H and O–H groups in total. The van der Waals surface area contributed by atoms with Gasteiger partial charge in [0.2, 0.25) is 11.8 Å². The van der Waals surface area contributed by atoms with E-state index in [2.05, 4.69) is 0 Å². The van der Waals surface area contributed by atoms with Gasteiger partial charge in [0.1, 0.15) is 0 Å². The number of carbonyl (C=O) groups is 2. The Morgan fingerprint density at radius 3 is 2.41 bits per heavy atom. The fourth-order valence-electron chi connectivity index (χ4n) is 1.39. The number of amides is 2. The third-order valence-electron chi connectivity index (χ3n) is 2.22. The van der Waals surface area contributed by atoms with Crippen molar-refractivity contribution in [1.29, 1.82) is 0 Å². The maximum absolute atomic E-state index is 11.8. The summed E-state index contributed by atoms with van der Waals surface area (Å²) in [4.78, 5) is 23.8. The molecule has 4 nitrogen and oxygen atoms in total. The van der Waals surface area contributed by atoms with Crippen LogP contribution in [-0.2, 0) is 9.59 Å². The van der Waals surface area contributed by atoms with Crippen molar-refractivity contribution in [2.75, 3.05) is 4.90 Å². The van der Waals surface area contributed by atoms with Gasteiger partial charge in [-0.2, -0.15) is 0 Å². The van der Waals surface area contributed by atoms with Crippen molar-refractivity contribution in [2.24, 2.45) is 5.73 Å². The number of para-hydroxylation sites is 1. The summed E-state index contributed by atoms with van der Waals surface area (Å²) in [7, 11) is 0. The summed E-state index contributed by atoms with van der Waals surface area (Å²) in [6, 6.07) is 9.13. The minimum absolute atomic E-state index is 0.132. The monoisotopic (exact) mass is 250 g/mol. The van der Waals surface area contributed by atoms with Crippen LogP contribution in [0, 0.1) is 0 Å². The first-order valence-electron chi connectivity index (χ1n) is 5.26. The van der Waals surface area contributed by atoms with Gasteiger partial charge in [0.25, 0.3) is 0 Å². The van der Waals surface area contributed by atoms with Crippen molar-refractivity contribution in [3.63, 3.8) is 0 Å². The summed E-state index contributed by atoms with van der Waals surface area (Å²) in [5.74, 6) is -0.529. The van der Waals surface area contributed by atoms with E-state index in [1.54, 1.807) is 12.1 Å². The number of carbonyl (C=O) groups excluding carboxylic acids is 2. The van der Waals surface area contributed by atoms with Crippen molar-refractivity contribution in [3.8, 4) is 0 Å². The van der Waals surface area contributed by atoms with E-state index in [9.17, 15) is 9.59 Å². The van der Waals surface area contributed by atoms with E-state index in [0.717, 1.165) is 5.69 Å². The Morgan fingerprint density at radius 2 is 1.88 bits per heavy atom. The van der Waals surface area contributed by atoms with Crippen LogP contribution >= 0.6 is 12.2 Å². The second-order valence-corrected chi connectivity index (χ2v) is 3.74. The third-order valence-corrected chi connectivity index (χ3v) is 2.43. The average Bonchev–Trinajstić information content (AvgIpc) is 2.31. The fraction of sp³-hybridized carbons (Fsp3) is 0.250. The van der Waals surface area contributed by atoms with Crippen molar-refractivity contribution >= 4 is 35.2 Å². The first-order chi connectivity index (χ1) is 8.15. The van der Waals surface area contributed by atoms with Crippen molar-refractivity contribution < 1.29 is 9.59 Å². The standard InChI is InChI=1S/C12H14N2O2S/c13-11(15)7-4-8-12(16)14(9-17)10-5-2-1-3-6-10/h1-3,5-6,9H,4,7-8H2,(H2,13,15). The Labute approximate surface area is 105 Å². The van der Waals surface area contributed by atoms with Crippen LogP contribution < -0.4 is 10.6 Å². The minimum Gasteiger partial charge on any atom is -0.370 e. The van der Waals surface area contributed by atoms with Gasteiger partial charge in [-0.1, -0.05) is 30.4 Å². The average molecular weight is 250 g/mol. The van der Waals surface area contributed by atoms with Gasteiger partial charge in [-0.3, -0.25) is 14.5 Å². The van der Waals surface area contributed by atoms with Crippen LogP contribution in [0.1, 0.15) is 19.3 Å². The lowest BCUT2D eigenvalue weighted by atomic mass is 10.2. The van der Waals surface area contributed by atoms with Crippen LogP contribution in [-0.4, -0.2) is 17.3 Å². The summed E-state index contributed by atoms with van der Waals surface area (Å²) >= 11 is 4.82. The van der Waals surface area contributed by atoms with Gasteiger partial charge >= 0.3 is 0 Å². The summed E-state index contributed by atoms with van der Waals surface area (Å²) in [6.07, 6.45) is 0.914. The van der Waals surface area contributed by atoms with Gasteiger partial charge in [-0.25, -0.2) is 0 Å². The molecule has 2 amide bonds. The predicted molar refractivity (Wildman–Crippen MR) is 70.6 cm³/mol. The number of rotatable bonds is 6. The van der Waals surface area contributed by atoms with Gasteiger partial charge in [0.15, 0.2) is 0 Å². The molecule has 0 spiro atoms. The predicted octanol–water partition coefficient (Wildman–Crippen LogP) is 1.63. The molecular weight excluding hydrogens is 236 g/mol. The topological polar surface area (TPSA) is 63.4 Å². The highest BCUT2D eigenvalue weighted by Crippen LogP contribution is 2.13. The molecule has 0 radical (unpaired) electrons. The van der Waals surface area contributed by atoms with Gasteiger partial charge in [-0.15, -0.1) is 0 Å². The molecule has 0 aliphatic carbocycles. The molecule has 0 fully saturated rings. The highest BCUT2D eigenvalue weighted by atomic mass is 32.1. The largest absolute Gasteiger partial charge is 0.370 e. The van der Waals surface area contributed by atoms with Gasteiger partial charge < -0.3 is 5.73 Å². The molecule has 0 saturated carbocycles. The molecule has 0 atom stereocenters. The molecule has 1 aromatic rings. The Bertz CT molecular complexity index is 406. The van der Waals surface area contributed by atoms with Gasteiger partial charge in [0.05, 0.1) is 5.49 Å². The second kappa shape index (κ2) is 6.75. The van der Waals surface area contributed by atoms with E-state index in [4.69, 9.17) is 18.0 Å². The Hall–Kier alpha value is -1.75. The first kappa shape index (κ1) is 13.3. The lowest BCUT2D eigenvalue weighted by Crippen LogP contribution is -2.28. The fourth-order valence-corrected chi connectivity index (χ4v) is 1.63. The maximum atomic E-state index is 11.8. The van der Waals surface area contributed by atoms with Crippen LogP contribution in [0.25, 0.3) is 0 Å². The minimum atomic E-state index is -0.397. The Balaban J connectivity index is 2.59. The summed E-state index contributed by atoms with van der Waals surface area (Å²) in [5.41, 5.74) is 7.04. The van der Waals surface area contributed by atoms with E-state index in [1.165, 1.54) is 10.4 Å². The van der Waals surface area contributed by atoms with Crippen LogP contribution in [0.5, 0.6) is 0 Å². The molecule has 5 heteroatoms. The zero-order valence-electron chi connectivity index (χ0n) is 9.33. The summed E-state index contributed by atoms with van der Waals surface area (Å²) in [6.45, 7) is 0. The number of benzene rings is 1. The molecule has 0 saturated heterocycles. The quantitative estimate of drug-likeness (QED) is 0.780. The Morgan fingerprint density at radius 1 is 1.24 bits per heavy atom. The highest BCUT2D eigenvalue weighted by molar-refractivity contribution is 7.79. The molecule has 0 unspecified atom stereocenters. The summed E-state index contributed by atoms with van der Waals surface area (Å²) < 4.78 is 0. The normalized spacial score (nSPS) is 9.65. The smallest absolute Gasteiger partial charge is 0.231 e. The van der Waals surface area contributed by atoms with Crippen molar-refractivity contribution in [3.05, 3.63) is 30.3 Å². The maximum Gasteiger partial charge on any atom is 0.231 e. The first-order valence-corrected chi connectivity index (χ1v) is 5.73. The van der Waals surface area contributed by atoms with Crippen LogP contribution in [0.3, 0.4) is 0 Å². The molecule has 0 aliphatic heterocycles. The van der Waals surface area contributed by atoms with E-state index >= 15 is 0 Å². The third kappa shape index (κ3) is 4.32. The number of nitrogens with two attached hydrogens (primary N) is 1. The van der Waals surface area contributed by atoms with Crippen molar-refractivity contribution in [2.45, 2.75) is 19.3 Å². The number of primary amides is 1. The number of anilines is 1. The van der Waals surface area contributed by atoms with Gasteiger partial charge in [-0.05, 0) is 18.6 Å². The highest BCUT2D eigenvalue weighted by Gasteiger charge is 2.12. The number of hydrogen-bond donors (Lipinski definition) is 1. The molecule has 1 aromatic carbocycles.